The average molecular weight is 74.2 g/mol. The number of hydrogen-bond donors (Lipinski definition) is 1. The van der Waals surface area contributed by atoms with Gasteiger partial charge in [-0.1, -0.05) is 5.67 Å². The van der Waals surface area contributed by atoms with Crippen LogP contribution in [0.5, 0.6) is 0 Å². The van der Waals surface area contributed by atoms with Crippen LogP contribution >= 0.6 is 0 Å². The number of hydrogen-bond acceptors (Lipinski definition) is 1. The van der Waals surface area contributed by atoms with Crippen molar-refractivity contribution in [3.63, 3.8) is 0 Å². The first kappa shape index (κ1) is 4.05. The zero-order valence-electron chi connectivity index (χ0n) is 2.44. The fraction of sp³-hybridized carbons (Fsp3) is 0.500. The third-order valence-corrected chi connectivity index (χ3v) is 0.387. The maximum Gasteiger partial charge on any atom is 0.0568 e. The lowest BCUT2D eigenvalue weighted by atomic mass is 10.9. The summed E-state index contributed by atoms with van der Waals surface area (Å²) in [5.74, 6) is 0. The Balaban J connectivity index is 2.30. The van der Waals surface area contributed by atoms with Crippen molar-refractivity contribution in [3.8, 4) is 0 Å². The molecular weight excluding hydrogens is 68.1 g/mol. The SMILES string of the molecule is OCC=[SiH2]. The maximum absolute atomic E-state index is 7.83. The van der Waals surface area contributed by atoms with Gasteiger partial charge in [-0.3, -0.25) is 0 Å². The quantitative estimate of drug-likeness (QED) is 0.372. The van der Waals surface area contributed by atoms with Crippen LogP contribution in [0.15, 0.2) is 0 Å². The molecule has 2 heteroatoms. The van der Waals surface area contributed by atoms with Crippen molar-refractivity contribution >= 4 is 15.5 Å². The molecule has 0 aliphatic rings. The van der Waals surface area contributed by atoms with Crippen LogP contribution in [0.3, 0.4) is 0 Å². The van der Waals surface area contributed by atoms with E-state index in [9.17, 15) is 0 Å². The van der Waals surface area contributed by atoms with Gasteiger partial charge in [0.15, 0.2) is 0 Å². The van der Waals surface area contributed by atoms with Crippen LogP contribution in [0.4, 0.5) is 0 Å². The second-order valence-electron chi connectivity index (χ2n) is 0.471. The Labute approximate surface area is 28.3 Å². The molecular formula is C2H6OSi. The molecule has 0 saturated heterocycles. The van der Waals surface area contributed by atoms with Gasteiger partial charge >= 0.3 is 0 Å². The van der Waals surface area contributed by atoms with Gasteiger partial charge in [0.2, 0.25) is 0 Å². The molecule has 0 aliphatic heterocycles. The van der Waals surface area contributed by atoms with Crippen molar-refractivity contribution in [1.29, 1.82) is 0 Å². The van der Waals surface area contributed by atoms with Crippen molar-refractivity contribution < 1.29 is 5.11 Å². The van der Waals surface area contributed by atoms with Crippen molar-refractivity contribution in [1.82, 2.24) is 0 Å². The zero-order chi connectivity index (χ0) is 3.41. The highest BCUT2D eigenvalue weighted by molar-refractivity contribution is 6.27. The van der Waals surface area contributed by atoms with Crippen LogP contribution in [-0.4, -0.2) is 27.2 Å². The average Bonchev–Trinajstić information content (AvgIpc) is 1.37. The highest BCUT2D eigenvalue weighted by Gasteiger charge is 1.44. The van der Waals surface area contributed by atoms with E-state index in [0.717, 1.165) is 0 Å². The Morgan fingerprint density at radius 3 is 2.25 bits per heavy atom. The van der Waals surface area contributed by atoms with Crippen molar-refractivity contribution in [2.24, 2.45) is 0 Å². The Hall–Kier alpha value is 0.0469. The third-order valence-electron chi connectivity index (χ3n) is 0.129. The minimum Gasteiger partial charge on any atom is -0.393 e. The Bertz CT molecular complexity index is 20.0. The lowest BCUT2D eigenvalue weighted by Crippen LogP contribution is -1.77. The summed E-state index contributed by atoms with van der Waals surface area (Å²) in [6, 6.07) is 0. The van der Waals surface area contributed by atoms with E-state index in [4.69, 9.17) is 5.11 Å². The van der Waals surface area contributed by atoms with Crippen molar-refractivity contribution in [2.75, 3.05) is 6.61 Å². The van der Waals surface area contributed by atoms with Gasteiger partial charge in [0.25, 0.3) is 0 Å². The van der Waals surface area contributed by atoms with Crippen LogP contribution in [0.2, 0.25) is 0 Å². The Kier molecular flexibility index (Phi) is 3.08. The molecule has 24 valence electrons. The highest BCUT2D eigenvalue weighted by atomic mass is 28.1. The van der Waals surface area contributed by atoms with Crippen LogP contribution in [0, 0.1) is 0 Å². The minimum atomic E-state index is 0.207. The van der Waals surface area contributed by atoms with Crippen LogP contribution in [0.1, 0.15) is 0 Å². The monoisotopic (exact) mass is 74.0 g/mol. The van der Waals surface area contributed by atoms with Crippen molar-refractivity contribution in [2.45, 2.75) is 0 Å². The predicted molar refractivity (Wildman–Crippen MR) is 21.7 cm³/mol. The van der Waals surface area contributed by atoms with Gasteiger partial charge in [-0.2, -0.15) is 0 Å². The molecule has 0 unspecified atom stereocenters. The summed E-state index contributed by atoms with van der Waals surface area (Å²) in [5.41, 5.74) is 1.71. The Morgan fingerprint density at radius 1 is 2.00 bits per heavy atom. The van der Waals surface area contributed by atoms with Gasteiger partial charge in [0.05, 0.1) is 6.61 Å². The van der Waals surface area contributed by atoms with E-state index in [-0.39, 0.29) is 6.61 Å². The zero-order valence-corrected chi connectivity index (χ0v) is 3.85. The summed E-state index contributed by atoms with van der Waals surface area (Å²) >= 11 is 0. The summed E-state index contributed by atoms with van der Waals surface area (Å²) in [4.78, 5) is 0. The first-order valence-corrected chi connectivity index (χ1v) is 1.95. The van der Waals surface area contributed by atoms with E-state index in [1.807, 2.05) is 0 Å². The lowest BCUT2D eigenvalue weighted by Gasteiger charge is -1.60. The molecule has 0 bridgehead atoms. The molecule has 1 N–H and O–H groups in total. The molecule has 1 nitrogen and oxygen atoms in total. The van der Waals surface area contributed by atoms with E-state index in [2.05, 4.69) is 0 Å². The van der Waals surface area contributed by atoms with Gasteiger partial charge in [-0.25, -0.2) is 0 Å². The molecule has 0 fully saturated rings. The molecule has 0 saturated carbocycles. The molecule has 0 aromatic rings. The van der Waals surface area contributed by atoms with Gasteiger partial charge in [-0.05, 0) is 9.85 Å². The molecule has 0 aromatic carbocycles. The largest absolute Gasteiger partial charge is 0.393 e. The van der Waals surface area contributed by atoms with Crippen molar-refractivity contribution in [3.05, 3.63) is 0 Å². The topological polar surface area (TPSA) is 20.2 Å². The predicted octanol–water partition coefficient (Wildman–Crippen LogP) is -1.59. The summed E-state index contributed by atoms with van der Waals surface area (Å²) in [5, 5.41) is 7.83. The van der Waals surface area contributed by atoms with Gasteiger partial charge in [-0.15, -0.1) is 0 Å². The first-order chi connectivity index (χ1) is 1.91. The molecule has 0 rings (SSSR count). The second-order valence-corrected chi connectivity index (χ2v) is 1.05. The molecule has 4 heavy (non-hydrogen) atoms. The fourth-order valence-corrected chi connectivity index (χ4v) is 0. The summed E-state index contributed by atoms with van der Waals surface area (Å²) in [6.45, 7) is 0.207. The highest BCUT2D eigenvalue weighted by Crippen LogP contribution is 1.26. The Morgan fingerprint density at radius 2 is 2.25 bits per heavy atom. The lowest BCUT2D eigenvalue weighted by molar-refractivity contribution is 0.363. The third kappa shape index (κ3) is 2.05. The van der Waals surface area contributed by atoms with Crippen LogP contribution < -0.4 is 0 Å². The maximum atomic E-state index is 7.83. The summed E-state index contributed by atoms with van der Waals surface area (Å²) < 4.78 is 0. The van der Waals surface area contributed by atoms with E-state index >= 15 is 0 Å². The summed E-state index contributed by atoms with van der Waals surface area (Å²) in [6.07, 6.45) is 0. The number of aliphatic hydroxyl groups excluding tert-OH is 1. The first-order valence-electron chi connectivity index (χ1n) is 1.13. The molecule has 0 spiro atoms. The molecule has 0 radical (unpaired) electrons. The molecule has 0 atom stereocenters. The van der Waals surface area contributed by atoms with Gasteiger partial charge in [0, 0.05) is 0 Å². The smallest absolute Gasteiger partial charge is 0.0568 e. The summed E-state index contributed by atoms with van der Waals surface area (Å²) in [7, 11) is 1.65. The molecule has 0 aromatic heterocycles. The van der Waals surface area contributed by atoms with Crippen LogP contribution in [0.25, 0.3) is 0 Å². The molecule has 0 heterocycles. The fourth-order valence-electron chi connectivity index (χ4n) is 0. The van der Waals surface area contributed by atoms with E-state index in [1.54, 1.807) is 15.5 Å². The molecule has 0 aliphatic carbocycles. The van der Waals surface area contributed by atoms with Crippen LogP contribution in [-0.2, 0) is 0 Å². The van der Waals surface area contributed by atoms with E-state index < -0.39 is 0 Å². The van der Waals surface area contributed by atoms with Gasteiger partial charge in [0.1, 0.15) is 0 Å². The standard InChI is InChI=1S/C2H6OSi/c3-1-2-4/h2-3H,1,4H2. The molecule has 0 amide bonds. The van der Waals surface area contributed by atoms with E-state index in [0.29, 0.717) is 0 Å². The second kappa shape index (κ2) is 3.05. The number of aliphatic hydroxyl groups is 1. The normalized spacial score (nSPS) is 6.25. The number of rotatable bonds is 1. The minimum absolute atomic E-state index is 0.207. The van der Waals surface area contributed by atoms with Gasteiger partial charge < -0.3 is 5.11 Å². The van der Waals surface area contributed by atoms with E-state index in [1.165, 1.54) is 0 Å².